The number of amides is 2. The summed E-state index contributed by atoms with van der Waals surface area (Å²) < 4.78 is 0. The standard InChI is InChI=1S/C22H30N4O2/c1-25(22(17-23)12-6-3-7-13-22)20(27)16-26-14-10-19(11-15-26)24-21(28)18-8-4-2-5-9-18/h2,4-5,8-9,19H,3,6-7,10-16H2,1H3,(H,24,28). The molecule has 1 saturated carbocycles. The fraction of sp³-hybridized carbons (Fsp3) is 0.591. The molecule has 1 saturated heterocycles. The third kappa shape index (κ3) is 4.71. The number of piperidine rings is 1. The number of likely N-dealkylation sites (N-methyl/N-ethyl adjacent to an activating group) is 1. The maximum absolute atomic E-state index is 12.8. The van der Waals surface area contributed by atoms with E-state index in [1.807, 2.05) is 30.3 Å². The Labute approximate surface area is 167 Å². The van der Waals surface area contributed by atoms with Crippen LogP contribution >= 0.6 is 0 Å². The summed E-state index contributed by atoms with van der Waals surface area (Å²) in [6.45, 7) is 1.90. The molecule has 1 aromatic rings. The van der Waals surface area contributed by atoms with E-state index in [0.29, 0.717) is 12.1 Å². The number of likely N-dealkylation sites (tertiary alicyclic amines) is 1. The number of benzene rings is 1. The van der Waals surface area contributed by atoms with E-state index in [2.05, 4.69) is 16.3 Å². The molecule has 1 aliphatic carbocycles. The minimum Gasteiger partial charge on any atom is -0.349 e. The van der Waals surface area contributed by atoms with E-state index in [4.69, 9.17) is 0 Å². The highest BCUT2D eigenvalue weighted by atomic mass is 16.2. The Morgan fingerprint density at radius 1 is 1.18 bits per heavy atom. The summed E-state index contributed by atoms with van der Waals surface area (Å²) in [5.41, 5.74) is 0.0492. The Balaban J connectivity index is 1.47. The molecule has 1 N–H and O–H groups in total. The highest BCUT2D eigenvalue weighted by Crippen LogP contribution is 2.32. The number of hydrogen-bond donors (Lipinski definition) is 1. The molecule has 0 bridgehead atoms. The molecule has 6 nitrogen and oxygen atoms in total. The fourth-order valence-corrected chi connectivity index (χ4v) is 4.29. The number of rotatable bonds is 5. The first-order valence-corrected chi connectivity index (χ1v) is 10.3. The molecular weight excluding hydrogens is 352 g/mol. The van der Waals surface area contributed by atoms with E-state index in [-0.39, 0.29) is 17.9 Å². The molecule has 0 unspecified atom stereocenters. The molecule has 2 amide bonds. The van der Waals surface area contributed by atoms with Crippen LogP contribution in [0.3, 0.4) is 0 Å². The summed E-state index contributed by atoms with van der Waals surface area (Å²) in [7, 11) is 1.78. The van der Waals surface area contributed by atoms with Crippen molar-refractivity contribution in [1.82, 2.24) is 15.1 Å². The van der Waals surface area contributed by atoms with E-state index in [1.165, 1.54) is 0 Å². The molecule has 0 spiro atoms. The SMILES string of the molecule is CN(C(=O)CN1CCC(NC(=O)c2ccccc2)CC1)C1(C#N)CCCCC1. The average Bonchev–Trinajstić information content (AvgIpc) is 2.75. The first kappa shape index (κ1) is 20.3. The topological polar surface area (TPSA) is 76.4 Å². The van der Waals surface area contributed by atoms with Gasteiger partial charge in [0.25, 0.3) is 5.91 Å². The van der Waals surface area contributed by atoms with Gasteiger partial charge in [0, 0.05) is 31.7 Å². The lowest BCUT2D eigenvalue weighted by Crippen LogP contribution is -2.54. The van der Waals surface area contributed by atoms with Gasteiger partial charge in [-0.3, -0.25) is 14.5 Å². The second kappa shape index (κ2) is 9.20. The van der Waals surface area contributed by atoms with Gasteiger partial charge in [-0.2, -0.15) is 5.26 Å². The van der Waals surface area contributed by atoms with Gasteiger partial charge >= 0.3 is 0 Å². The summed E-state index contributed by atoms with van der Waals surface area (Å²) in [6.07, 6.45) is 6.39. The number of nitrogens with one attached hydrogen (secondary N) is 1. The van der Waals surface area contributed by atoms with Crippen LogP contribution in [0.4, 0.5) is 0 Å². The highest BCUT2D eigenvalue weighted by molar-refractivity contribution is 5.94. The minimum atomic E-state index is -0.628. The van der Waals surface area contributed by atoms with Gasteiger partial charge in [-0.05, 0) is 37.8 Å². The molecule has 2 aliphatic rings. The van der Waals surface area contributed by atoms with E-state index < -0.39 is 5.54 Å². The second-order valence-electron chi connectivity index (χ2n) is 8.05. The zero-order valence-electron chi connectivity index (χ0n) is 16.7. The fourth-order valence-electron chi connectivity index (χ4n) is 4.29. The van der Waals surface area contributed by atoms with Crippen LogP contribution in [0.1, 0.15) is 55.3 Å². The van der Waals surface area contributed by atoms with Crippen LogP contribution in [-0.4, -0.2) is 59.9 Å². The van der Waals surface area contributed by atoms with Crippen LogP contribution in [0.15, 0.2) is 30.3 Å². The largest absolute Gasteiger partial charge is 0.349 e. The van der Waals surface area contributed by atoms with Gasteiger partial charge in [0.2, 0.25) is 5.91 Å². The Kier molecular flexibility index (Phi) is 6.69. The van der Waals surface area contributed by atoms with Crippen molar-refractivity contribution < 1.29 is 9.59 Å². The maximum atomic E-state index is 12.8. The summed E-state index contributed by atoms with van der Waals surface area (Å²) >= 11 is 0. The lowest BCUT2D eigenvalue weighted by Gasteiger charge is -2.40. The number of nitrogens with zero attached hydrogens (tertiary/aromatic N) is 3. The van der Waals surface area contributed by atoms with E-state index in [9.17, 15) is 14.9 Å². The summed E-state index contributed by atoms with van der Waals surface area (Å²) in [5, 5.41) is 12.8. The van der Waals surface area contributed by atoms with Crippen LogP contribution in [0.2, 0.25) is 0 Å². The van der Waals surface area contributed by atoms with Gasteiger partial charge in [0.05, 0.1) is 12.6 Å². The van der Waals surface area contributed by atoms with E-state index in [0.717, 1.165) is 58.0 Å². The van der Waals surface area contributed by atoms with Gasteiger partial charge in [-0.25, -0.2) is 0 Å². The summed E-state index contributed by atoms with van der Waals surface area (Å²) in [6, 6.07) is 11.8. The lowest BCUT2D eigenvalue weighted by molar-refractivity contribution is -0.136. The summed E-state index contributed by atoms with van der Waals surface area (Å²) in [5.74, 6) is -0.0154. The predicted octanol–water partition coefficient (Wildman–Crippen LogP) is 2.57. The second-order valence-corrected chi connectivity index (χ2v) is 8.05. The molecule has 2 fully saturated rings. The lowest BCUT2D eigenvalue weighted by atomic mass is 9.81. The maximum Gasteiger partial charge on any atom is 0.251 e. The number of carbonyl (C=O) groups is 2. The van der Waals surface area contributed by atoms with E-state index >= 15 is 0 Å². The van der Waals surface area contributed by atoms with Crippen molar-refractivity contribution in [2.45, 2.75) is 56.5 Å². The van der Waals surface area contributed by atoms with Gasteiger partial charge in [0.15, 0.2) is 0 Å². The van der Waals surface area contributed by atoms with Crippen molar-refractivity contribution in [3.8, 4) is 6.07 Å². The molecule has 3 rings (SSSR count). The monoisotopic (exact) mass is 382 g/mol. The molecule has 0 radical (unpaired) electrons. The van der Waals surface area contributed by atoms with Crippen LogP contribution in [0.5, 0.6) is 0 Å². The van der Waals surface area contributed by atoms with Crippen molar-refractivity contribution in [2.24, 2.45) is 0 Å². The molecule has 0 atom stereocenters. The van der Waals surface area contributed by atoms with Gasteiger partial charge in [-0.1, -0.05) is 37.5 Å². The third-order valence-electron chi connectivity index (χ3n) is 6.22. The Morgan fingerprint density at radius 2 is 1.82 bits per heavy atom. The smallest absolute Gasteiger partial charge is 0.251 e. The molecule has 150 valence electrons. The average molecular weight is 383 g/mol. The first-order chi connectivity index (χ1) is 13.5. The summed E-state index contributed by atoms with van der Waals surface area (Å²) in [4.78, 5) is 28.9. The molecular formula is C22H30N4O2. The van der Waals surface area contributed by atoms with Crippen LogP contribution in [0, 0.1) is 11.3 Å². The van der Waals surface area contributed by atoms with Crippen molar-refractivity contribution in [3.63, 3.8) is 0 Å². The molecule has 28 heavy (non-hydrogen) atoms. The molecule has 1 aromatic carbocycles. The number of hydrogen-bond acceptors (Lipinski definition) is 4. The minimum absolute atomic E-state index is 0.0234. The van der Waals surface area contributed by atoms with Crippen molar-refractivity contribution >= 4 is 11.8 Å². The molecule has 0 aromatic heterocycles. The Bertz CT molecular complexity index is 714. The van der Waals surface area contributed by atoms with E-state index in [1.54, 1.807) is 11.9 Å². The number of nitriles is 1. The zero-order valence-corrected chi connectivity index (χ0v) is 16.7. The van der Waals surface area contributed by atoms with Crippen molar-refractivity contribution in [2.75, 3.05) is 26.7 Å². The van der Waals surface area contributed by atoms with Crippen LogP contribution < -0.4 is 5.32 Å². The van der Waals surface area contributed by atoms with Crippen molar-refractivity contribution in [1.29, 1.82) is 5.26 Å². The molecule has 6 heteroatoms. The normalized spacial score (nSPS) is 20.1. The first-order valence-electron chi connectivity index (χ1n) is 10.3. The molecule has 1 heterocycles. The zero-order chi connectivity index (χ0) is 20.0. The van der Waals surface area contributed by atoms with Crippen LogP contribution in [-0.2, 0) is 4.79 Å². The van der Waals surface area contributed by atoms with Crippen LogP contribution in [0.25, 0.3) is 0 Å². The predicted molar refractivity (Wildman–Crippen MR) is 108 cm³/mol. The highest BCUT2D eigenvalue weighted by Gasteiger charge is 2.39. The van der Waals surface area contributed by atoms with Gasteiger partial charge in [-0.15, -0.1) is 0 Å². The Morgan fingerprint density at radius 3 is 2.43 bits per heavy atom. The van der Waals surface area contributed by atoms with Crippen molar-refractivity contribution in [3.05, 3.63) is 35.9 Å². The number of carbonyl (C=O) groups excluding carboxylic acids is 2. The van der Waals surface area contributed by atoms with Gasteiger partial charge in [0.1, 0.15) is 5.54 Å². The quantitative estimate of drug-likeness (QED) is 0.849. The third-order valence-corrected chi connectivity index (χ3v) is 6.22. The molecule has 1 aliphatic heterocycles. The van der Waals surface area contributed by atoms with Gasteiger partial charge < -0.3 is 10.2 Å². The Hall–Kier alpha value is -2.39.